The zero-order chi connectivity index (χ0) is 10.5. The number of unbranched alkanes of at least 4 members (excludes halogenated alkanes) is 3. The van der Waals surface area contributed by atoms with Gasteiger partial charge in [0.2, 0.25) is 0 Å². The first kappa shape index (κ1) is 13.8. The van der Waals surface area contributed by atoms with Gasteiger partial charge in [-0.15, -0.1) is 0 Å². The molecule has 0 amide bonds. The minimum Gasteiger partial charge on any atom is -0.378 e. The van der Waals surface area contributed by atoms with Gasteiger partial charge in [-0.2, -0.15) is 0 Å². The molecule has 3 N–H and O–H groups in total. The topological polar surface area (TPSA) is 56.5 Å². The molecule has 0 bridgehead atoms. The third-order valence-corrected chi connectivity index (χ3v) is 1.98. The van der Waals surface area contributed by atoms with Gasteiger partial charge in [-0.3, -0.25) is 0 Å². The van der Waals surface area contributed by atoms with Crippen molar-refractivity contribution in [3.8, 4) is 0 Å². The number of hydrogen-bond donors (Lipinski definition) is 2. The van der Waals surface area contributed by atoms with E-state index in [9.17, 15) is 0 Å². The zero-order valence-corrected chi connectivity index (χ0v) is 9.26. The van der Waals surface area contributed by atoms with Crippen LogP contribution in [-0.2, 0) is 9.57 Å². The molecule has 4 nitrogen and oxygen atoms in total. The Morgan fingerprint density at radius 2 is 1.86 bits per heavy atom. The molecule has 0 aliphatic heterocycles. The minimum absolute atomic E-state index is 0.469. The van der Waals surface area contributed by atoms with E-state index in [1.165, 1.54) is 25.7 Å². The van der Waals surface area contributed by atoms with Gasteiger partial charge in [0.05, 0.1) is 19.8 Å². The summed E-state index contributed by atoms with van der Waals surface area (Å²) in [4.78, 5) is 4.37. The lowest BCUT2D eigenvalue weighted by molar-refractivity contribution is 0.0489. The molecule has 0 spiro atoms. The highest BCUT2D eigenvalue weighted by atomic mass is 16.6. The first-order valence-corrected chi connectivity index (χ1v) is 5.52. The molecule has 0 heterocycles. The number of nitrogens with two attached hydrogens (primary N) is 1. The Kier molecular flexibility index (Phi) is 12.7. The number of hydrogen-bond acceptors (Lipinski definition) is 4. The van der Waals surface area contributed by atoms with Gasteiger partial charge in [-0.25, -0.2) is 5.90 Å². The van der Waals surface area contributed by atoms with E-state index >= 15 is 0 Å². The molecule has 14 heavy (non-hydrogen) atoms. The van der Waals surface area contributed by atoms with Crippen LogP contribution < -0.4 is 11.2 Å². The van der Waals surface area contributed by atoms with Crippen molar-refractivity contribution in [2.45, 2.75) is 32.6 Å². The summed E-state index contributed by atoms with van der Waals surface area (Å²) in [6, 6.07) is 0. The number of ether oxygens (including phenoxy) is 1. The third kappa shape index (κ3) is 11.8. The van der Waals surface area contributed by atoms with E-state index in [1.54, 1.807) is 0 Å². The van der Waals surface area contributed by atoms with Crippen molar-refractivity contribution in [2.75, 3.05) is 32.9 Å². The Bertz CT molecular complexity index is 90.1. The molecule has 0 aliphatic carbocycles. The smallest absolute Gasteiger partial charge is 0.0913 e. The van der Waals surface area contributed by atoms with Gasteiger partial charge in [-0.05, 0) is 13.0 Å². The summed E-state index contributed by atoms with van der Waals surface area (Å²) in [5.41, 5.74) is 0. The molecule has 0 aliphatic rings. The lowest BCUT2D eigenvalue weighted by atomic mass is 10.2. The largest absolute Gasteiger partial charge is 0.378 e. The lowest BCUT2D eigenvalue weighted by Crippen LogP contribution is -2.22. The third-order valence-electron chi connectivity index (χ3n) is 1.98. The molecule has 86 valence electrons. The van der Waals surface area contributed by atoms with Gasteiger partial charge < -0.3 is 14.9 Å². The van der Waals surface area contributed by atoms with E-state index in [0.29, 0.717) is 13.2 Å². The molecule has 0 rings (SSSR count). The predicted molar refractivity (Wildman–Crippen MR) is 58.0 cm³/mol. The molecule has 0 saturated heterocycles. The normalized spacial score (nSPS) is 10.7. The monoisotopic (exact) mass is 204 g/mol. The van der Waals surface area contributed by atoms with E-state index in [-0.39, 0.29) is 0 Å². The number of rotatable bonds is 11. The highest BCUT2D eigenvalue weighted by Gasteiger charge is 1.89. The van der Waals surface area contributed by atoms with Crippen LogP contribution in [0.15, 0.2) is 0 Å². The van der Waals surface area contributed by atoms with Gasteiger partial charge in [0.25, 0.3) is 0 Å². The van der Waals surface area contributed by atoms with Gasteiger partial charge in [-0.1, -0.05) is 26.2 Å². The summed E-state index contributed by atoms with van der Waals surface area (Å²) in [5, 5.41) is 3.32. The van der Waals surface area contributed by atoms with Crippen LogP contribution in [0, 0.1) is 0 Å². The summed E-state index contributed by atoms with van der Waals surface area (Å²) >= 11 is 0. The van der Waals surface area contributed by atoms with Crippen LogP contribution in [0.1, 0.15) is 32.6 Å². The summed E-state index contributed by atoms with van der Waals surface area (Å²) in [6.45, 7) is 6.01. The summed E-state index contributed by atoms with van der Waals surface area (Å²) in [7, 11) is 0. The van der Waals surface area contributed by atoms with Crippen LogP contribution in [0.2, 0.25) is 0 Å². The number of nitrogens with one attached hydrogen (secondary N) is 1. The Morgan fingerprint density at radius 1 is 1.00 bits per heavy atom. The first-order valence-electron chi connectivity index (χ1n) is 5.52. The van der Waals surface area contributed by atoms with E-state index in [4.69, 9.17) is 10.6 Å². The van der Waals surface area contributed by atoms with Crippen LogP contribution in [0.4, 0.5) is 0 Å². The van der Waals surface area contributed by atoms with Crippen LogP contribution in [0.5, 0.6) is 0 Å². The van der Waals surface area contributed by atoms with E-state index in [0.717, 1.165) is 19.7 Å². The summed E-state index contributed by atoms with van der Waals surface area (Å²) in [5.74, 6) is 4.84. The van der Waals surface area contributed by atoms with Crippen LogP contribution >= 0.6 is 0 Å². The SMILES string of the molecule is CCCCCCNCCOCCON. The fourth-order valence-corrected chi connectivity index (χ4v) is 1.16. The molecule has 0 fully saturated rings. The molecule has 0 radical (unpaired) electrons. The molecule has 0 aromatic carbocycles. The Hall–Kier alpha value is -0.160. The van der Waals surface area contributed by atoms with Gasteiger partial charge in [0.15, 0.2) is 0 Å². The van der Waals surface area contributed by atoms with Crippen molar-refractivity contribution in [3.63, 3.8) is 0 Å². The second-order valence-corrected chi connectivity index (χ2v) is 3.29. The minimum atomic E-state index is 0.469. The Labute approximate surface area is 87.1 Å². The second kappa shape index (κ2) is 12.8. The van der Waals surface area contributed by atoms with Crippen molar-refractivity contribution < 1.29 is 9.57 Å². The van der Waals surface area contributed by atoms with Crippen molar-refractivity contribution in [2.24, 2.45) is 5.90 Å². The highest BCUT2D eigenvalue weighted by molar-refractivity contribution is 4.47. The first-order chi connectivity index (χ1) is 6.91. The lowest BCUT2D eigenvalue weighted by Gasteiger charge is -2.05. The Balaban J connectivity index is 2.78. The van der Waals surface area contributed by atoms with Gasteiger partial charge in [0.1, 0.15) is 0 Å². The maximum atomic E-state index is 5.23. The summed E-state index contributed by atoms with van der Waals surface area (Å²) < 4.78 is 5.23. The van der Waals surface area contributed by atoms with E-state index < -0.39 is 0 Å². The van der Waals surface area contributed by atoms with Crippen LogP contribution in [0.3, 0.4) is 0 Å². The standard InChI is InChI=1S/C10H24N2O2/c1-2-3-4-5-6-12-7-8-13-9-10-14-11/h12H,2-11H2,1H3. The summed E-state index contributed by atoms with van der Waals surface area (Å²) in [6.07, 6.45) is 5.22. The molecular formula is C10H24N2O2. The molecule has 0 unspecified atom stereocenters. The average molecular weight is 204 g/mol. The maximum Gasteiger partial charge on any atom is 0.0913 e. The van der Waals surface area contributed by atoms with Crippen molar-refractivity contribution in [3.05, 3.63) is 0 Å². The van der Waals surface area contributed by atoms with Crippen LogP contribution in [-0.4, -0.2) is 32.9 Å². The van der Waals surface area contributed by atoms with Crippen molar-refractivity contribution >= 4 is 0 Å². The molecule has 0 aromatic heterocycles. The molecular weight excluding hydrogens is 180 g/mol. The highest BCUT2D eigenvalue weighted by Crippen LogP contribution is 1.96. The van der Waals surface area contributed by atoms with Crippen molar-refractivity contribution in [1.82, 2.24) is 5.32 Å². The second-order valence-electron chi connectivity index (χ2n) is 3.29. The van der Waals surface area contributed by atoms with Gasteiger partial charge >= 0.3 is 0 Å². The quantitative estimate of drug-likeness (QED) is 0.390. The van der Waals surface area contributed by atoms with Gasteiger partial charge in [0, 0.05) is 6.54 Å². The molecule has 4 heteroatoms. The van der Waals surface area contributed by atoms with Crippen LogP contribution in [0.25, 0.3) is 0 Å². The molecule has 0 atom stereocenters. The van der Waals surface area contributed by atoms with E-state index in [1.807, 2.05) is 0 Å². The fraction of sp³-hybridized carbons (Fsp3) is 1.00. The fourth-order valence-electron chi connectivity index (χ4n) is 1.16. The molecule has 0 aromatic rings. The predicted octanol–water partition coefficient (Wildman–Crippen LogP) is 1.06. The average Bonchev–Trinajstić information content (AvgIpc) is 2.21. The molecule has 0 saturated carbocycles. The maximum absolute atomic E-state index is 5.23. The zero-order valence-electron chi connectivity index (χ0n) is 9.26. The van der Waals surface area contributed by atoms with E-state index in [2.05, 4.69) is 17.1 Å². The Morgan fingerprint density at radius 3 is 2.57 bits per heavy atom. The van der Waals surface area contributed by atoms with Crippen molar-refractivity contribution in [1.29, 1.82) is 0 Å².